The third-order valence-corrected chi connectivity index (χ3v) is 5.38. The van der Waals surface area contributed by atoms with Crippen molar-refractivity contribution in [3.63, 3.8) is 0 Å². The van der Waals surface area contributed by atoms with E-state index < -0.39 is 0 Å². The molecular formula is C22H26ClN5O. The Labute approximate surface area is 176 Å². The van der Waals surface area contributed by atoms with Gasteiger partial charge in [0.05, 0.1) is 5.52 Å². The van der Waals surface area contributed by atoms with Crippen LogP contribution in [0.25, 0.3) is 10.9 Å². The van der Waals surface area contributed by atoms with Crippen molar-refractivity contribution in [1.82, 2.24) is 9.97 Å². The molecule has 2 heterocycles. The summed E-state index contributed by atoms with van der Waals surface area (Å²) in [4.78, 5) is 14.3. The number of nitrogens with one attached hydrogen (secondary N) is 1. The standard InChI is InChI=1S/C22H26ClN5O/c1-29-15-5-10-24-21-19-8-2-3-9-20(19)25-22(26-21)28-13-11-27(12-14-28)18-7-4-6-17(23)16-18/h2-4,6-9,16H,5,10-15H2,1H3,(H,24,25,26). The van der Waals surface area contributed by atoms with Crippen LogP contribution in [0.2, 0.25) is 5.02 Å². The normalized spacial score (nSPS) is 14.4. The highest BCUT2D eigenvalue weighted by molar-refractivity contribution is 6.30. The van der Waals surface area contributed by atoms with Crippen LogP contribution < -0.4 is 15.1 Å². The molecule has 1 fully saturated rings. The Bertz CT molecular complexity index is 959. The number of fused-ring (bicyclic) bond motifs is 1. The maximum Gasteiger partial charge on any atom is 0.228 e. The summed E-state index contributed by atoms with van der Waals surface area (Å²) in [6, 6.07) is 16.2. The molecule has 0 bridgehead atoms. The number of aromatic nitrogens is 2. The summed E-state index contributed by atoms with van der Waals surface area (Å²) in [5.74, 6) is 1.67. The lowest BCUT2D eigenvalue weighted by Crippen LogP contribution is -2.47. The van der Waals surface area contributed by atoms with Gasteiger partial charge in [-0.2, -0.15) is 4.98 Å². The molecule has 0 spiro atoms. The number of piperazine rings is 1. The SMILES string of the molecule is COCCCNc1nc(N2CCN(c3cccc(Cl)c3)CC2)nc2ccccc12. The number of anilines is 3. The van der Waals surface area contributed by atoms with E-state index in [4.69, 9.17) is 26.3 Å². The number of ether oxygens (including phenoxy) is 1. The van der Waals surface area contributed by atoms with Crippen LogP contribution in [0.1, 0.15) is 6.42 Å². The molecule has 6 nitrogen and oxygen atoms in total. The molecule has 2 aromatic carbocycles. The molecule has 0 atom stereocenters. The average molecular weight is 412 g/mol. The summed E-state index contributed by atoms with van der Waals surface area (Å²) in [5.41, 5.74) is 2.13. The minimum Gasteiger partial charge on any atom is -0.385 e. The number of nitrogens with zero attached hydrogens (tertiary/aromatic N) is 4. The number of halogens is 1. The van der Waals surface area contributed by atoms with Crippen molar-refractivity contribution in [2.45, 2.75) is 6.42 Å². The van der Waals surface area contributed by atoms with E-state index in [1.807, 2.05) is 36.4 Å². The van der Waals surface area contributed by atoms with Crippen LogP contribution in [0.3, 0.4) is 0 Å². The number of benzene rings is 2. The van der Waals surface area contributed by atoms with Crippen molar-refractivity contribution in [3.8, 4) is 0 Å². The molecule has 0 radical (unpaired) electrons. The summed E-state index contributed by atoms with van der Waals surface area (Å²) in [6.45, 7) is 5.10. The lowest BCUT2D eigenvalue weighted by atomic mass is 10.2. The highest BCUT2D eigenvalue weighted by Gasteiger charge is 2.20. The summed E-state index contributed by atoms with van der Waals surface area (Å²) in [7, 11) is 1.72. The van der Waals surface area contributed by atoms with Gasteiger partial charge in [-0.15, -0.1) is 0 Å². The molecule has 0 aliphatic carbocycles. The van der Waals surface area contributed by atoms with Gasteiger partial charge in [0, 0.05) is 62.5 Å². The average Bonchev–Trinajstić information content (AvgIpc) is 2.76. The Morgan fingerprint density at radius 3 is 2.59 bits per heavy atom. The zero-order valence-electron chi connectivity index (χ0n) is 16.6. The fraction of sp³-hybridized carbons (Fsp3) is 0.364. The molecule has 1 aromatic heterocycles. The van der Waals surface area contributed by atoms with Gasteiger partial charge in [-0.1, -0.05) is 29.8 Å². The van der Waals surface area contributed by atoms with Crippen molar-refractivity contribution in [3.05, 3.63) is 53.6 Å². The van der Waals surface area contributed by atoms with Crippen molar-refractivity contribution < 1.29 is 4.74 Å². The molecule has 3 aromatic rings. The second kappa shape index (κ2) is 9.29. The second-order valence-electron chi connectivity index (χ2n) is 7.12. The molecule has 29 heavy (non-hydrogen) atoms. The summed E-state index contributed by atoms with van der Waals surface area (Å²) >= 11 is 6.15. The largest absolute Gasteiger partial charge is 0.385 e. The van der Waals surface area contributed by atoms with Crippen LogP contribution in [-0.4, -0.2) is 56.4 Å². The number of hydrogen-bond donors (Lipinski definition) is 1. The zero-order chi connectivity index (χ0) is 20.1. The van der Waals surface area contributed by atoms with Crippen molar-refractivity contribution in [2.24, 2.45) is 0 Å². The van der Waals surface area contributed by atoms with Crippen LogP contribution in [0.4, 0.5) is 17.5 Å². The van der Waals surface area contributed by atoms with E-state index in [1.54, 1.807) is 7.11 Å². The van der Waals surface area contributed by atoms with Crippen LogP contribution in [0, 0.1) is 0 Å². The molecular weight excluding hydrogens is 386 g/mol. The van der Waals surface area contributed by atoms with E-state index in [2.05, 4.69) is 27.2 Å². The predicted octanol–water partition coefficient (Wildman–Crippen LogP) is 4.06. The monoisotopic (exact) mass is 411 g/mol. The van der Waals surface area contributed by atoms with Gasteiger partial charge in [0.1, 0.15) is 5.82 Å². The lowest BCUT2D eigenvalue weighted by Gasteiger charge is -2.36. The molecule has 1 aliphatic heterocycles. The Kier molecular flexibility index (Phi) is 6.32. The van der Waals surface area contributed by atoms with Crippen molar-refractivity contribution in [1.29, 1.82) is 0 Å². The van der Waals surface area contributed by atoms with E-state index >= 15 is 0 Å². The first-order valence-corrected chi connectivity index (χ1v) is 10.4. The van der Waals surface area contributed by atoms with Gasteiger partial charge in [0.25, 0.3) is 0 Å². The quantitative estimate of drug-likeness (QED) is 0.592. The minimum absolute atomic E-state index is 0.730. The Hall–Kier alpha value is -2.57. The van der Waals surface area contributed by atoms with Gasteiger partial charge in [-0.3, -0.25) is 0 Å². The summed E-state index contributed by atoms with van der Waals surface area (Å²) in [6.07, 6.45) is 0.933. The molecule has 0 amide bonds. The molecule has 0 unspecified atom stereocenters. The fourth-order valence-corrected chi connectivity index (χ4v) is 3.79. The van der Waals surface area contributed by atoms with E-state index in [0.717, 1.165) is 79.1 Å². The second-order valence-corrected chi connectivity index (χ2v) is 7.55. The Balaban J connectivity index is 1.50. The highest BCUT2D eigenvalue weighted by Crippen LogP contribution is 2.26. The van der Waals surface area contributed by atoms with Crippen molar-refractivity contribution in [2.75, 3.05) is 61.6 Å². The zero-order valence-corrected chi connectivity index (χ0v) is 17.4. The maximum atomic E-state index is 6.15. The molecule has 152 valence electrons. The number of rotatable bonds is 7. The lowest BCUT2D eigenvalue weighted by molar-refractivity contribution is 0.198. The Morgan fingerprint density at radius 1 is 1.00 bits per heavy atom. The maximum absolute atomic E-state index is 6.15. The highest BCUT2D eigenvalue weighted by atomic mass is 35.5. The van der Waals surface area contributed by atoms with Crippen molar-refractivity contribution >= 4 is 40.0 Å². The number of para-hydroxylation sites is 1. The first kappa shape index (κ1) is 19.7. The van der Waals surface area contributed by atoms with E-state index in [-0.39, 0.29) is 0 Å². The van der Waals surface area contributed by atoms with Crippen LogP contribution in [0.15, 0.2) is 48.5 Å². The first-order chi connectivity index (χ1) is 14.2. The third-order valence-electron chi connectivity index (χ3n) is 5.14. The fourth-order valence-electron chi connectivity index (χ4n) is 3.60. The van der Waals surface area contributed by atoms with Gasteiger partial charge in [0.15, 0.2) is 0 Å². The van der Waals surface area contributed by atoms with Crippen LogP contribution >= 0.6 is 11.6 Å². The van der Waals surface area contributed by atoms with E-state index in [1.165, 1.54) is 0 Å². The molecule has 1 N–H and O–H groups in total. The van der Waals surface area contributed by atoms with E-state index in [0.29, 0.717) is 0 Å². The number of hydrogen-bond acceptors (Lipinski definition) is 6. The molecule has 7 heteroatoms. The van der Waals surface area contributed by atoms with Gasteiger partial charge in [-0.05, 0) is 36.8 Å². The van der Waals surface area contributed by atoms with Crippen LogP contribution in [0.5, 0.6) is 0 Å². The molecule has 4 rings (SSSR count). The Morgan fingerprint density at radius 2 is 1.79 bits per heavy atom. The molecule has 1 saturated heterocycles. The topological polar surface area (TPSA) is 53.5 Å². The van der Waals surface area contributed by atoms with Gasteiger partial charge < -0.3 is 19.9 Å². The van der Waals surface area contributed by atoms with Gasteiger partial charge in [-0.25, -0.2) is 4.98 Å². The van der Waals surface area contributed by atoms with Gasteiger partial charge in [0.2, 0.25) is 5.95 Å². The minimum atomic E-state index is 0.730. The summed E-state index contributed by atoms with van der Waals surface area (Å²) < 4.78 is 5.15. The third kappa shape index (κ3) is 4.71. The summed E-state index contributed by atoms with van der Waals surface area (Å²) in [5, 5.41) is 5.28. The molecule has 1 aliphatic rings. The number of methoxy groups -OCH3 is 1. The predicted molar refractivity (Wildman–Crippen MR) is 120 cm³/mol. The first-order valence-electron chi connectivity index (χ1n) is 9.99. The molecule has 0 saturated carbocycles. The van der Waals surface area contributed by atoms with Crippen LogP contribution in [-0.2, 0) is 4.74 Å². The smallest absolute Gasteiger partial charge is 0.228 e. The van der Waals surface area contributed by atoms with Gasteiger partial charge >= 0.3 is 0 Å². The van der Waals surface area contributed by atoms with E-state index in [9.17, 15) is 0 Å².